The van der Waals surface area contributed by atoms with E-state index in [2.05, 4.69) is 42.3 Å². The molecule has 0 aromatic heterocycles. The normalized spacial score (nSPS) is 16.2. The number of hydrogen-bond acceptors (Lipinski definition) is 2. The average molecular weight is 321 g/mol. The molecule has 3 heteroatoms. The Morgan fingerprint density at radius 2 is 2.05 bits per heavy atom. The molecule has 0 unspecified atom stereocenters. The average Bonchev–Trinajstić information content (AvgIpc) is 2.76. The van der Waals surface area contributed by atoms with Gasteiger partial charge in [-0.15, -0.1) is 17.0 Å². The lowest BCUT2D eigenvalue weighted by Crippen LogP contribution is -2.27. The molecule has 2 aliphatic rings. The van der Waals surface area contributed by atoms with Gasteiger partial charge in [-0.3, -0.25) is 0 Å². The van der Waals surface area contributed by atoms with Crippen LogP contribution in [0.15, 0.2) is 41.2 Å². The van der Waals surface area contributed by atoms with Crippen LogP contribution in [0.5, 0.6) is 0 Å². The number of halogens is 1. The van der Waals surface area contributed by atoms with Gasteiger partial charge in [0.2, 0.25) is 0 Å². The van der Waals surface area contributed by atoms with Crippen LogP contribution >= 0.6 is 17.0 Å². The van der Waals surface area contributed by atoms with Crippen molar-refractivity contribution in [2.45, 2.75) is 32.6 Å². The zero-order valence-electron chi connectivity index (χ0n) is 11.4. The van der Waals surface area contributed by atoms with Gasteiger partial charge in [-0.2, -0.15) is 0 Å². The van der Waals surface area contributed by atoms with Gasteiger partial charge in [0, 0.05) is 24.5 Å². The molecule has 0 bridgehead atoms. The number of allylic oxidation sites excluding steroid dienone is 1. The number of unbranched alkanes of at least 4 members (excludes halogenated alkanes) is 2. The van der Waals surface area contributed by atoms with E-state index in [9.17, 15) is 0 Å². The second kappa shape index (κ2) is 6.38. The van der Waals surface area contributed by atoms with Crippen LogP contribution in [-0.2, 0) is 0 Å². The number of fused-ring (bicyclic) bond motifs is 2. The third-order valence-corrected chi connectivity index (χ3v) is 3.78. The van der Waals surface area contributed by atoms with Crippen molar-refractivity contribution in [1.29, 1.82) is 0 Å². The minimum Gasteiger partial charge on any atom is -0.375 e. The summed E-state index contributed by atoms with van der Waals surface area (Å²) in [7, 11) is 0. The maximum atomic E-state index is 4.73. The Balaban J connectivity index is 0.00000133. The first-order chi connectivity index (χ1) is 8.88. The molecular formula is C16H21BrN2. The van der Waals surface area contributed by atoms with Crippen molar-refractivity contribution in [3.8, 4) is 0 Å². The maximum Gasteiger partial charge on any atom is 0.0835 e. The van der Waals surface area contributed by atoms with E-state index in [1.807, 2.05) is 0 Å². The molecule has 0 aliphatic carbocycles. The van der Waals surface area contributed by atoms with E-state index in [0.29, 0.717) is 0 Å². The van der Waals surface area contributed by atoms with Crippen LogP contribution in [0.2, 0.25) is 0 Å². The maximum absolute atomic E-state index is 4.73. The molecule has 1 aromatic rings. The molecule has 0 amide bonds. The molecule has 2 aliphatic heterocycles. The van der Waals surface area contributed by atoms with Crippen molar-refractivity contribution in [3.05, 3.63) is 46.7 Å². The Labute approximate surface area is 125 Å². The number of hydrogen-bond donors (Lipinski definition) is 0. The van der Waals surface area contributed by atoms with Gasteiger partial charge >= 0.3 is 0 Å². The molecule has 0 saturated carbocycles. The van der Waals surface area contributed by atoms with Gasteiger partial charge in [0.05, 0.1) is 11.1 Å². The van der Waals surface area contributed by atoms with Gasteiger partial charge in [-0.25, -0.2) is 4.99 Å². The topological polar surface area (TPSA) is 15.6 Å². The van der Waals surface area contributed by atoms with Gasteiger partial charge in [-0.05, 0) is 24.5 Å². The fourth-order valence-electron chi connectivity index (χ4n) is 2.77. The largest absolute Gasteiger partial charge is 0.375 e. The molecule has 0 N–H and O–H groups in total. The van der Waals surface area contributed by atoms with Crippen molar-refractivity contribution in [1.82, 2.24) is 4.90 Å². The first kappa shape index (κ1) is 14.3. The first-order valence-corrected chi connectivity index (χ1v) is 7.01. The summed E-state index contributed by atoms with van der Waals surface area (Å²) in [5, 5.41) is 2.49. The lowest BCUT2D eigenvalue weighted by atomic mass is 10.0. The van der Waals surface area contributed by atoms with Crippen molar-refractivity contribution >= 4 is 22.6 Å². The van der Waals surface area contributed by atoms with E-state index in [-0.39, 0.29) is 17.0 Å². The molecule has 1 aromatic carbocycles. The van der Waals surface area contributed by atoms with Gasteiger partial charge in [0.15, 0.2) is 0 Å². The molecule has 0 fully saturated rings. The van der Waals surface area contributed by atoms with E-state index in [0.717, 1.165) is 18.3 Å². The summed E-state index contributed by atoms with van der Waals surface area (Å²) >= 11 is 0. The standard InChI is InChI=1S/C16H20N2.BrH/c1-2-3-6-10-18-11-9-14-13-7-4-5-8-15(13)17-16(14)12-18;/h4-5,7-8,12H,2-3,6,9-11H2,1H3;1H. The Hall–Kier alpha value is -1.09. The number of nitrogens with zero attached hydrogens (tertiary/aromatic N) is 2. The second-order valence-corrected chi connectivity index (χ2v) is 5.11. The molecule has 0 atom stereocenters. The molecule has 0 saturated heterocycles. The highest BCUT2D eigenvalue weighted by Gasteiger charge is 2.18. The summed E-state index contributed by atoms with van der Waals surface area (Å²) in [6, 6.07) is 8.49. The summed E-state index contributed by atoms with van der Waals surface area (Å²) < 4.78 is 0. The van der Waals surface area contributed by atoms with Crippen LogP contribution < -0.4 is 10.6 Å². The highest BCUT2D eigenvalue weighted by Crippen LogP contribution is 2.23. The Bertz CT molecular complexity index is 589. The molecule has 19 heavy (non-hydrogen) atoms. The molecule has 102 valence electrons. The Morgan fingerprint density at radius 1 is 1.21 bits per heavy atom. The number of benzene rings is 1. The molecule has 3 rings (SSSR count). The van der Waals surface area contributed by atoms with Crippen molar-refractivity contribution < 1.29 is 0 Å². The van der Waals surface area contributed by atoms with Gasteiger partial charge < -0.3 is 4.90 Å². The minimum absolute atomic E-state index is 0. The summed E-state index contributed by atoms with van der Waals surface area (Å²) in [6.07, 6.45) is 7.31. The Morgan fingerprint density at radius 3 is 2.89 bits per heavy atom. The fraction of sp³-hybridized carbons (Fsp3) is 0.438. The third-order valence-electron chi connectivity index (χ3n) is 3.78. The van der Waals surface area contributed by atoms with Gasteiger partial charge in [0.25, 0.3) is 0 Å². The molecule has 2 heterocycles. The first-order valence-electron chi connectivity index (χ1n) is 7.01. The second-order valence-electron chi connectivity index (χ2n) is 5.11. The summed E-state index contributed by atoms with van der Waals surface area (Å²) in [5.41, 5.74) is 2.64. The SMILES string of the molecule is Br.CCCCCN1C=C2N=c3ccccc3=C2CC1. The van der Waals surface area contributed by atoms with Crippen molar-refractivity contribution in [2.24, 2.45) is 4.99 Å². The van der Waals surface area contributed by atoms with E-state index in [4.69, 9.17) is 4.99 Å². The summed E-state index contributed by atoms with van der Waals surface area (Å²) in [6.45, 7) is 4.58. The summed E-state index contributed by atoms with van der Waals surface area (Å²) in [4.78, 5) is 7.17. The predicted octanol–water partition coefficient (Wildman–Crippen LogP) is 2.79. The highest BCUT2D eigenvalue weighted by molar-refractivity contribution is 8.93. The molecule has 0 radical (unpaired) electrons. The third kappa shape index (κ3) is 2.92. The van der Waals surface area contributed by atoms with E-state index in [1.54, 1.807) is 0 Å². The Kier molecular flexibility index (Phi) is 4.81. The lowest BCUT2D eigenvalue weighted by molar-refractivity contribution is 0.362. The lowest BCUT2D eigenvalue weighted by Gasteiger charge is -2.25. The minimum atomic E-state index is 0. The van der Waals surface area contributed by atoms with E-state index < -0.39 is 0 Å². The zero-order chi connectivity index (χ0) is 12.4. The fourth-order valence-corrected chi connectivity index (χ4v) is 2.77. The van der Waals surface area contributed by atoms with E-state index in [1.165, 1.54) is 42.3 Å². The smallest absolute Gasteiger partial charge is 0.0835 e. The van der Waals surface area contributed by atoms with Crippen LogP contribution in [0.25, 0.3) is 5.57 Å². The highest BCUT2D eigenvalue weighted by atomic mass is 79.9. The molecule has 2 nitrogen and oxygen atoms in total. The quantitative estimate of drug-likeness (QED) is 0.779. The zero-order valence-corrected chi connectivity index (χ0v) is 13.1. The van der Waals surface area contributed by atoms with Gasteiger partial charge in [0.1, 0.15) is 0 Å². The van der Waals surface area contributed by atoms with Crippen LogP contribution in [-0.4, -0.2) is 18.0 Å². The van der Waals surface area contributed by atoms with Gasteiger partial charge in [-0.1, -0.05) is 38.0 Å². The van der Waals surface area contributed by atoms with Crippen molar-refractivity contribution in [3.63, 3.8) is 0 Å². The van der Waals surface area contributed by atoms with Crippen LogP contribution in [0.4, 0.5) is 0 Å². The van der Waals surface area contributed by atoms with Crippen LogP contribution in [0.1, 0.15) is 32.6 Å². The molecular weight excluding hydrogens is 300 g/mol. The van der Waals surface area contributed by atoms with E-state index >= 15 is 0 Å². The molecule has 0 spiro atoms. The summed E-state index contributed by atoms with van der Waals surface area (Å²) in [5.74, 6) is 0. The van der Waals surface area contributed by atoms with Crippen LogP contribution in [0.3, 0.4) is 0 Å². The number of para-hydroxylation sites is 1. The number of rotatable bonds is 4. The van der Waals surface area contributed by atoms with Crippen molar-refractivity contribution in [2.75, 3.05) is 13.1 Å². The monoisotopic (exact) mass is 320 g/mol. The van der Waals surface area contributed by atoms with Crippen LogP contribution in [0, 0.1) is 0 Å². The predicted molar refractivity (Wildman–Crippen MR) is 84.8 cm³/mol.